The van der Waals surface area contributed by atoms with Crippen LogP contribution in [0, 0.1) is 11.8 Å². The van der Waals surface area contributed by atoms with Crippen molar-refractivity contribution in [2.45, 2.75) is 63.0 Å². The summed E-state index contributed by atoms with van der Waals surface area (Å²) in [6.07, 6.45) is 4.38. The molecule has 3 heterocycles. The Morgan fingerprint density at radius 1 is 1.39 bits per heavy atom. The molecule has 3 unspecified atom stereocenters. The number of carbonyl (C=O) groups is 1. The zero-order chi connectivity index (χ0) is 22.5. The monoisotopic (exact) mass is 449 g/mol. The van der Waals surface area contributed by atoms with Crippen LogP contribution in [0.5, 0.6) is 0 Å². The van der Waals surface area contributed by atoms with Crippen LogP contribution in [0.2, 0.25) is 0 Å². The van der Waals surface area contributed by atoms with Gasteiger partial charge in [0.1, 0.15) is 18.0 Å². The van der Waals surface area contributed by atoms with Crippen LogP contribution in [0.3, 0.4) is 0 Å². The van der Waals surface area contributed by atoms with Gasteiger partial charge in [-0.05, 0) is 45.2 Å². The summed E-state index contributed by atoms with van der Waals surface area (Å²) in [5.41, 5.74) is 4.53. The number of oxime groups is 1. The van der Waals surface area contributed by atoms with E-state index in [4.69, 9.17) is 14.4 Å². The Kier molecular flexibility index (Phi) is 7.30. The molecule has 1 aromatic rings. The van der Waals surface area contributed by atoms with E-state index in [0.717, 1.165) is 24.7 Å². The van der Waals surface area contributed by atoms with Gasteiger partial charge in [-0.3, -0.25) is 4.98 Å². The van der Waals surface area contributed by atoms with Gasteiger partial charge in [-0.2, -0.15) is 0 Å². The van der Waals surface area contributed by atoms with Crippen LogP contribution < -0.4 is 5.48 Å². The van der Waals surface area contributed by atoms with E-state index >= 15 is 0 Å². The first-order valence-electron chi connectivity index (χ1n) is 10.1. The zero-order valence-electron chi connectivity index (χ0n) is 17.9. The van der Waals surface area contributed by atoms with E-state index in [1.54, 1.807) is 19.2 Å². The molecule has 0 radical (unpaired) electrons. The van der Waals surface area contributed by atoms with Gasteiger partial charge >= 0.3 is 5.97 Å². The molecule has 1 fully saturated rings. The Hall–Kier alpha value is -2.48. The van der Waals surface area contributed by atoms with Crippen molar-refractivity contribution in [2.24, 2.45) is 5.16 Å². The zero-order valence-corrected chi connectivity index (χ0v) is 18.7. The van der Waals surface area contributed by atoms with Crippen LogP contribution in [-0.4, -0.2) is 55.0 Å². The lowest BCUT2D eigenvalue weighted by Gasteiger charge is -2.29. The number of pyridine rings is 1. The van der Waals surface area contributed by atoms with Gasteiger partial charge in [0.25, 0.3) is 0 Å². The Balaban J connectivity index is 1.64. The minimum absolute atomic E-state index is 0.107. The number of carbonyl (C=O) groups excluding carboxylic acids is 1. The van der Waals surface area contributed by atoms with Crippen molar-refractivity contribution in [1.29, 1.82) is 0 Å². The number of nitrogens with one attached hydrogen (secondary N) is 1. The Morgan fingerprint density at radius 3 is 2.81 bits per heavy atom. The molecule has 1 saturated heterocycles. The second-order valence-electron chi connectivity index (χ2n) is 7.85. The average Bonchev–Trinajstić information content (AvgIpc) is 3.21. The lowest BCUT2D eigenvalue weighted by molar-refractivity contribution is -0.169. The maximum Gasteiger partial charge on any atom is 0.346 e. The molecule has 168 valence electrons. The molecule has 0 aliphatic carbocycles. The smallest absolute Gasteiger partial charge is 0.346 e. The number of aromatic nitrogens is 1. The normalized spacial score (nSPS) is 23.0. The number of hydrogen-bond acceptors (Lipinski definition) is 9. The molecule has 31 heavy (non-hydrogen) atoms. The third-order valence-electron chi connectivity index (χ3n) is 5.39. The van der Waals surface area contributed by atoms with E-state index in [1.165, 1.54) is 6.92 Å². The molecule has 9 nitrogen and oxygen atoms in total. The number of sulfone groups is 1. The number of nitrogens with zero attached hydrogens (tertiary/aromatic N) is 2. The fraction of sp³-hybridized carbons (Fsp3) is 0.571. The van der Waals surface area contributed by atoms with Crippen LogP contribution in [0.4, 0.5) is 0 Å². The molecule has 10 heteroatoms. The summed E-state index contributed by atoms with van der Waals surface area (Å²) in [5, 5.41) is 4.04. The van der Waals surface area contributed by atoms with Crippen LogP contribution in [-0.2, 0) is 29.0 Å². The number of hydrogen-bond donors (Lipinski definition) is 1. The minimum atomic E-state index is -3.82. The lowest BCUT2D eigenvalue weighted by Crippen LogP contribution is -2.50. The standard InChI is InChI=1S/C21H27N3O6S/c1-4-7-15-9-10-17(22-14-15)18-12-16(29-23-18)13-21(2,31(3,26)27)20(25)30-24-19-8-5-6-11-28-19/h9-10,14,16,19,24H,5-6,8,11-13H2,1-3H3. The maximum atomic E-state index is 12.8. The van der Waals surface area contributed by atoms with Crippen molar-refractivity contribution in [3.8, 4) is 11.8 Å². The fourth-order valence-electron chi connectivity index (χ4n) is 3.35. The van der Waals surface area contributed by atoms with Crippen LogP contribution in [0.25, 0.3) is 0 Å². The maximum absolute atomic E-state index is 12.8. The minimum Gasteiger partial charge on any atom is -0.392 e. The predicted molar refractivity (Wildman–Crippen MR) is 114 cm³/mol. The van der Waals surface area contributed by atoms with Crippen molar-refractivity contribution in [2.75, 3.05) is 12.9 Å². The van der Waals surface area contributed by atoms with E-state index in [-0.39, 0.29) is 6.42 Å². The third kappa shape index (κ3) is 5.61. The van der Waals surface area contributed by atoms with Crippen molar-refractivity contribution in [1.82, 2.24) is 10.5 Å². The van der Waals surface area contributed by atoms with E-state index in [0.29, 0.717) is 30.9 Å². The van der Waals surface area contributed by atoms with Gasteiger partial charge in [-0.15, -0.1) is 11.4 Å². The van der Waals surface area contributed by atoms with Crippen molar-refractivity contribution < 1.29 is 27.6 Å². The summed E-state index contributed by atoms with van der Waals surface area (Å²) in [7, 11) is -3.82. The second kappa shape index (κ2) is 9.77. The van der Waals surface area contributed by atoms with Gasteiger partial charge in [0.2, 0.25) is 0 Å². The molecule has 2 aliphatic heterocycles. The fourth-order valence-corrected chi connectivity index (χ4v) is 4.19. The first kappa shape index (κ1) is 23.2. The van der Waals surface area contributed by atoms with Crippen molar-refractivity contribution in [3.05, 3.63) is 29.6 Å². The summed E-state index contributed by atoms with van der Waals surface area (Å²) in [4.78, 5) is 27.6. The second-order valence-corrected chi connectivity index (χ2v) is 10.3. The predicted octanol–water partition coefficient (Wildman–Crippen LogP) is 1.71. The van der Waals surface area contributed by atoms with Crippen molar-refractivity contribution >= 4 is 21.5 Å². The quantitative estimate of drug-likeness (QED) is 0.494. The summed E-state index contributed by atoms with van der Waals surface area (Å²) >= 11 is 0. The van der Waals surface area contributed by atoms with Crippen LogP contribution >= 0.6 is 0 Å². The van der Waals surface area contributed by atoms with E-state index in [2.05, 4.69) is 27.5 Å². The van der Waals surface area contributed by atoms with Gasteiger partial charge in [0, 0.05) is 37.5 Å². The molecule has 3 atom stereocenters. The highest BCUT2D eigenvalue weighted by Crippen LogP contribution is 2.30. The average molecular weight is 450 g/mol. The first-order valence-corrected chi connectivity index (χ1v) is 12.0. The third-order valence-corrected chi connectivity index (χ3v) is 7.36. The van der Waals surface area contributed by atoms with Gasteiger partial charge in [-0.1, -0.05) is 11.1 Å². The highest BCUT2D eigenvalue weighted by Gasteiger charge is 2.49. The Morgan fingerprint density at radius 2 is 2.19 bits per heavy atom. The molecule has 0 spiro atoms. The molecule has 0 aromatic carbocycles. The number of hydroxylamine groups is 1. The van der Waals surface area contributed by atoms with E-state index < -0.39 is 32.9 Å². The summed E-state index contributed by atoms with van der Waals surface area (Å²) < 4.78 is 28.7. The van der Waals surface area contributed by atoms with Crippen LogP contribution in [0.1, 0.15) is 57.2 Å². The SMILES string of the molecule is CC#Cc1ccc(C2=NOC(CC(C)(C(=O)ONC3CCCCO3)S(C)(=O)=O)C2)nc1. The number of ether oxygens (including phenoxy) is 1. The van der Waals surface area contributed by atoms with Gasteiger partial charge in [0.15, 0.2) is 14.6 Å². The van der Waals surface area contributed by atoms with Gasteiger partial charge in [0.05, 0.1) is 5.69 Å². The molecule has 2 aliphatic rings. The molecule has 0 saturated carbocycles. The largest absolute Gasteiger partial charge is 0.392 e. The Bertz CT molecular complexity index is 990. The molecular weight excluding hydrogens is 422 g/mol. The van der Waals surface area contributed by atoms with Crippen molar-refractivity contribution in [3.63, 3.8) is 0 Å². The highest BCUT2D eigenvalue weighted by atomic mass is 32.2. The Labute approximate surface area is 182 Å². The topological polar surface area (TPSA) is 116 Å². The highest BCUT2D eigenvalue weighted by molar-refractivity contribution is 7.92. The molecular formula is C21H27N3O6S. The molecule has 1 N–H and O–H groups in total. The molecule has 0 amide bonds. The van der Waals surface area contributed by atoms with E-state index in [1.807, 2.05) is 6.07 Å². The first-order chi connectivity index (χ1) is 14.7. The molecule has 1 aromatic heterocycles. The number of rotatable bonds is 7. The molecule has 0 bridgehead atoms. The van der Waals surface area contributed by atoms with Gasteiger partial charge < -0.3 is 14.4 Å². The molecule has 3 rings (SSSR count). The van der Waals surface area contributed by atoms with E-state index in [9.17, 15) is 13.2 Å². The van der Waals surface area contributed by atoms with Crippen LogP contribution in [0.15, 0.2) is 23.5 Å². The summed E-state index contributed by atoms with van der Waals surface area (Å²) in [5.74, 6) is 4.82. The lowest BCUT2D eigenvalue weighted by atomic mass is 9.98. The summed E-state index contributed by atoms with van der Waals surface area (Å²) in [6.45, 7) is 3.65. The van der Waals surface area contributed by atoms with Gasteiger partial charge in [-0.25, -0.2) is 13.2 Å². The summed E-state index contributed by atoms with van der Waals surface area (Å²) in [6, 6.07) is 3.61.